The average molecular weight is 474 g/mol. The lowest BCUT2D eigenvalue weighted by molar-refractivity contribution is 0.0941. The Morgan fingerprint density at radius 3 is 1.73 bits per heavy atom. The zero-order valence-electron chi connectivity index (χ0n) is 20.9. The third kappa shape index (κ3) is 5.74. The first-order valence-corrected chi connectivity index (χ1v) is 12.4. The van der Waals surface area contributed by atoms with Crippen LogP contribution in [-0.2, 0) is 10.0 Å². The molecule has 8 heteroatoms. The van der Waals surface area contributed by atoms with Gasteiger partial charge in [-0.2, -0.15) is 0 Å². The Balaban J connectivity index is 2.31. The lowest BCUT2D eigenvalue weighted by atomic mass is 9.91. The number of rotatable bonds is 6. The summed E-state index contributed by atoms with van der Waals surface area (Å²) in [5.41, 5.74) is 5.38. The van der Waals surface area contributed by atoms with Gasteiger partial charge in [-0.3, -0.25) is 14.3 Å². The molecule has 0 aliphatic carbocycles. The molecule has 0 atom stereocenters. The maximum Gasteiger partial charge on any atom is 0.255 e. The smallest absolute Gasteiger partial charge is 0.255 e. The predicted octanol–water partition coefficient (Wildman–Crippen LogP) is 4.85. The molecule has 0 unspecified atom stereocenters. The van der Waals surface area contributed by atoms with Crippen LogP contribution in [0.25, 0.3) is 0 Å². The number of hydrogen-bond acceptors (Lipinski definition) is 4. The van der Waals surface area contributed by atoms with Crippen molar-refractivity contribution in [3.63, 3.8) is 0 Å². The molecule has 2 aromatic carbocycles. The van der Waals surface area contributed by atoms with E-state index in [0.717, 1.165) is 22.3 Å². The first-order valence-electron chi connectivity index (χ1n) is 10.9. The van der Waals surface area contributed by atoms with Gasteiger partial charge >= 0.3 is 0 Å². The Kier molecular flexibility index (Phi) is 7.63. The number of nitrogens with one attached hydrogen (secondary N) is 3. The second-order valence-corrected chi connectivity index (χ2v) is 12.1. The van der Waals surface area contributed by atoms with Gasteiger partial charge in [0, 0.05) is 28.5 Å². The molecule has 0 aliphatic heterocycles. The predicted molar refractivity (Wildman–Crippen MR) is 135 cm³/mol. The van der Waals surface area contributed by atoms with Crippen molar-refractivity contribution in [1.29, 1.82) is 0 Å². The summed E-state index contributed by atoms with van der Waals surface area (Å²) in [6, 6.07) is 6.30. The lowest BCUT2D eigenvalue weighted by Gasteiger charge is -2.21. The van der Waals surface area contributed by atoms with Crippen molar-refractivity contribution in [1.82, 2.24) is 5.32 Å². The fourth-order valence-corrected chi connectivity index (χ4v) is 4.11. The van der Waals surface area contributed by atoms with Gasteiger partial charge in [-0.1, -0.05) is 0 Å². The van der Waals surface area contributed by atoms with Crippen molar-refractivity contribution < 1.29 is 18.0 Å². The molecule has 0 heterocycles. The zero-order chi connectivity index (χ0) is 25.3. The number of sulfonamides is 1. The van der Waals surface area contributed by atoms with E-state index in [4.69, 9.17) is 0 Å². The highest BCUT2D eigenvalue weighted by molar-refractivity contribution is 7.94. The summed E-state index contributed by atoms with van der Waals surface area (Å²) in [6.45, 7) is 16.2. The van der Waals surface area contributed by atoms with Crippen LogP contribution >= 0.6 is 0 Å². The van der Waals surface area contributed by atoms with Crippen LogP contribution in [0.15, 0.2) is 24.3 Å². The van der Waals surface area contributed by atoms with E-state index in [1.165, 1.54) is 0 Å². The topological polar surface area (TPSA) is 104 Å². The molecule has 0 aromatic heterocycles. The molecule has 2 aromatic rings. The molecule has 7 nitrogen and oxygen atoms in total. The summed E-state index contributed by atoms with van der Waals surface area (Å²) in [4.78, 5) is 25.6. The molecular formula is C25H35N3O4S. The van der Waals surface area contributed by atoms with Crippen molar-refractivity contribution in [2.75, 3.05) is 10.0 Å². The summed E-state index contributed by atoms with van der Waals surface area (Å²) >= 11 is 0. The minimum absolute atomic E-state index is 0.0205. The van der Waals surface area contributed by atoms with E-state index < -0.39 is 14.8 Å². The highest BCUT2D eigenvalue weighted by Gasteiger charge is 2.29. The standard InChI is InChI=1S/C25H35N3O4S/c1-14(2)26-24(30)21-15(3)17(5)22(18(6)16(21)4)27-23(29)19-10-12-20(13-11-19)28-33(31,32)25(7,8)9/h10-14,28H,1-9H3,(H,26,30)(H,27,29). The van der Waals surface area contributed by atoms with Gasteiger partial charge in [0.05, 0.1) is 4.75 Å². The average Bonchev–Trinajstić information content (AvgIpc) is 2.68. The molecule has 0 fully saturated rings. The molecule has 33 heavy (non-hydrogen) atoms. The quantitative estimate of drug-likeness (QED) is 0.558. The van der Waals surface area contributed by atoms with E-state index in [1.54, 1.807) is 45.0 Å². The summed E-state index contributed by atoms with van der Waals surface area (Å²) < 4.78 is 26.3. The van der Waals surface area contributed by atoms with Crippen molar-refractivity contribution in [2.24, 2.45) is 0 Å². The zero-order valence-corrected chi connectivity index (χ0v) is 21.7. The Morgan fingerprint density at radius 1 is 0.818 bits per heavy atom. The van der Waals surface area contributed by atoms with Crippen LogP contribution in [-0.4, -0.2) is 31.0 Å². The maximum absolute atomic E-state index is 12.9. The van der Waals surface area contributed by atoms with Gasteiger partial charge in [0.15, 0.2) is 0 Å². The number of hydrogen-bond donors (Lipinski definition) is 3. The molecule has 0 aliphatic rings. The largest absolute Gasteiger partial charge is 0.350 e. The Morgan fingerprint density at radius 2 is 1.30 bits per heavy atom. The van der Waals surface area contributed by atoms with E-state index in [0.29, 0.717) is 22.5 Å². The molecule has 2 amide bonds. The summed E-state index contributed by atoms with van der Waals surface area (Å²) in [5, 5.41) is 5.90. The van der Waals surface area contributed by atoms with E-state index in [2.05, 4.69) is 15.4 Å². The number of carbonyl (C=O) groups is 2. The van der Waals surface area contributed by atoms with Gasteiger partial charge in [0.2, 0.25) is 10.0 Å². The fourth-order valence-electron chi connectivity index (χ4n) is 3.36. The molecule has 0 saturated carbocycles. The Bertz CT molecular complexity index is 1150. The van der Waals surface area contributed by atoms with Crippen LogP contribution in [0.1, 0.15) is 77.6 Å². The van der Waals surface area contributed by atoms with Crippen molar-refractivity contribution >= 4 is 33.2 Å². The van der Waals surface area contributed by atoms with Gasteiger partial charge in [0.25, 0.3) is 11.8 Å². The minimum Gasteiger partial charge on any atom is -0.350 e. The number of carbonyl (C=O) groups excluding carboxylic acids is 2. The van der Waals surface area contributed by atoms with Crippen molar-refractivity contribution in [3.05, 3.63) is 57.6 Å². The van der Waals surface area contributed by atoms with Crippen LogP contribution in [0.5, 0.6) is 0 Å². The van der Waals surface area contributed by atoms with Crippen LogP contribution < -0.4 is 15.4 Å². The third-order valence-electron chi connectivity index (χ3n) is 5.72. The van der Waals surface area contributed by atoms with Crippen molar-refractivity contribution in [2.45, 2.75) is 73.1 Å². The fraction of sp³-hybridized carbons (Fsp3) is 0.440. The Labute approximate surface area is 197 Å². The molecule has 2 rings (SSSR count). The maximum atomic E-state index is 12.9. The monoisotopic (exact) mass is 473 g/mol. The van der Waals surface area contributed by atoms with Gasteiger partial charge < -0.3 is 10.6 Å². The van der Waals surface area contributed by atoms with E-state index in [-0.39, 0.29) is 17.9 Å². The SMILES string of the molecule is Cc1c(C)c(C(=O)NC(C)C)c(C)c(C)c1NC(=O)c1ccc(NS(=O)(=O)C(C)(C)C)cc1. The first kappa shape index (κ1) is 26.4. The molecular weight excluding hydrogens is 438 g/mol. The summed E-state index contributed by atoms with van der Waals surface area (Å²) in [5.74, 6) is -0.443. The number of anilines is 2. The third-order valence-corrected chi connectivity index (χ3v) is 7.83. The molecule has 0 saturated heterocycles. The second kappa shape index (κ2) is 9.55. The summed E-state index contributed by atoms with van der Waals surface area (Å²) in [6.07, 6.45) is 0. The molecule has 3 N–H and O–H groups in total. The van der Waals surface area contributed by atoms with Crippen molar-refractivity contribution in [3.8, 4) is 0 Å². The lowest BCUT2D eigenvalue weighted by Crippen LogP contribution is -2.33. The highest BCUT2D eigenvalue weighted by Crippen LogP contribution is 2.31. The van der Waals surface area contributed by atoms with Crippen LogP contribution in [0, 0.1) is 27.7 Å². The van der Waals surface area contributed by atoms with Gasteiger partial charge in [-0.05, 0) is 109 Å². The minimum atomic E-state index is -3.56. The molecule has 0 radical (unpaired) electrons. The second-order valence-electron chi connectivity index (χ2n) is 9.63. The molecule has 180 valence electrons. The van der Waals surface area contributed by atoms with E-state index >= 15 is 0 Å². The van der Waals surface area contributed by atoms with Crippen LogP contribution in [0.2, 0.25) is 0 Å². The molecule has 0 bridgehead atoms. The van der Waals surface area contributed by atoms with Crippen LogP contribution in [0.3, 0.4) is 0 Å². The van der Waals surface area contributed by atoms with E-state index in [9.17, 15) is 18.0 Å². The first-order chi connectivity index (χ1) is 15.1. The number of benzene rings is 2. The number of amides is 2. The van der Waals surface area contributed by atoms with Gasteiger partial charge in [-0.25, -0.2) is 8.42 Å². The van der Waals surface area contributed by atoms with Crippen LogP contribution in [0.4, 0.5) is 11.4 Å². The normalized spacial score (nSPS) is 11.9. The van der Waals surface area contributed by atoms with Gasteiger partial charge in [0.1, 0.15) is 0 Å². The van der Waals surface area contributed by atoms with E-state index in [1.807, 2.05) is 41.5 Å². The Hall–Kier alpha value is -2.87. The highest BCUT2D eigenvalue weighted by atomic mass is 32.2. The van der Waals surface area contributed by atoms with Gasteiger partial charge in [-0.15, -0.1) is 0 Å². The summed E-state index contributed by atoms with van der Waals surface area (Å²) in [7, 11) is -3.56. The molecule has 0 spiro atoms.